The number of amides is 5. The van der Waals surface area contributed by atoms with Crippen molar-refractivity contribution in [1.29, 1.82) is 0 Å². The number of anilines is 7. The van der Waals surface area contributed by atoms with Crippen LogP contribution in [-0.4, -0.2) is 113 Å². The van der Waals surface area contributed by atoms with Gasteiger partial charge in [-0.3, -0.25) is 38.5 Å². The fourth-order valence-electron chi connectivity index (χ4n) is 8.82. The average Bonchev–Trinajstić information content (AvgIpc) is 3.53. The second-order valence-corrected chi connectivity index (χ2v) is 18.1. The summed E-state index contributed by atoms with van der Waals surface area (Å²) in [6.07, 6.45) is 7.59. The van der Waals surface area contributed by atoms with Crippen molar-refractivity contribution in [2.45, 2.75) is 51.0 Å². The van der Waals surface area contributed by atoms with Crippen molar-refractivity contribution in [3.8, 4) is 5.75 Å². The number of hydrogen-bond donors (Lipinski definition) is 4. The van der Waals surface area contributed by atoms with Crippen LogP contribution in [0.15, 0.2) is 66.9 Å². The van der Waals surface area contributed by atoms with Crippen molar-refractivity contribution in [1.82, 2.24) is 25.1 Å². The largest absolute Gasteiger partial charge is 0.494 e. The second-order valence-electron chi connectivity index (χ2n) is 16.3. The van der Waals surface area contributed by atoms with Gasteiger partial charge in [0.1, 0.15) is 27.8 Å². The van der Waals surface area contributed by atoms with Gasteiger partial charge in [-0.05, 0) is 87.0 Å². The molecule has 4 N–H and O–H groups in total. The quantitative estimate of drug-likeness (QED) is 0.124. The molecule has 8 rings (SSSR count). The first-order chi connectivity index (χ1) is 30.3. The van der Waals surface area contributed by atoms with Gasteiger partial charge in [-0.2, -0.15) is 4.98 Å². The molecule has 2 atom stereocenters. The first-order valence-corrected chi connectivity index (χ1v) is 22.7. The number of methoxy groups -OCH3 is 1. The average molecular weight is 897 g/mol. The van der Waals surface area contributed by atoms with Gasteiger partial charge in [0, 0.05) is 57.5 Å². The maximum atomic E-state index is 13.4. The summed E-state index contributed by atoms with van der Waals surface area (Å²) in [5, 5.41) is 11.9. The van der Waals surface area contributed by atoms with Gasteiger partial charge in [-0.15, -0.1) is 0 Å². The number of imide groups is 2. The predicted molar refractivity (Wildman–Crippen MR) is 241 cm³/mol. The minimum atomic E-state index is -1.23. The Labute approximate surface area is 372 Å². The van der Waals surface area contributed by atoms with Crippen LogP contribution in [0.4, 0.5) is 40.2 Å². The zero-order chi connectivity index (χ0) is 44.4. The zero-order valence-electron chi connectivity index (χ0n) is 35.2. The minimum absolute atomic E-state index is 0.0269. The molecule has 0 aliphatic carbocycles. The summed E-state index contributed by atoms with van der Waals surface area (Å²) >= 11 is 6.50. The zero-order valence-corrected chi connectivity index (χ0v) is 36.8. The molecular weight excluding hydrogens is 848 g/mol. The van der Waals surface area contributed by atoms with E-state index in [1.807, 2.05) is 36.4 Å². The molecule has 63 heavy (non-hydrogen) atoms. The van der Waals surface area contributed by atoms with Crippen LogP contribution in [0, 0.1) is 5.41 Å². The highest BCUT2D eigenvalue weighted by molar-refractivity contribution is 7.85. The molecule has 4 aliphatic rings. The molecule has 0 radical (unpaired) electrons. The highest BCUT2D eigenvalue weighted by Crippen LogP contribution is 2.43. The Morgan fingerprint density at radius 2 is 1.68 bits per heavy atom. The van der Waals surface area contributed by atoms with E-state index in [9.17, 15) is 28.2 Å². The summed E-state index contributed by atoms with van der Waals surface area (Å²) in [7, 11) is 2.15. The Bertz CT molecular complexity index is 2490. The lowest BCUT2D eigenvalue weighted by Crippen LogP contribution is -2.54. The smallest absolute Gasteiger partial charge is 0.264 e. The fourth-order valence-corrected chi connectivity index (χ4v) is 9.39. The van der Waals surface area contributed by atoms with Gasteiger partial charge in [-0.1, -0.05) is 29.8 Å². The number of para-hydroxylation sites is 2. The van der Waals surface area contributed by atoms with E-state index in [1.54, 1.807) is 36.9 Å². The van der Waals surface area contributed by atoms with E-state index < -0.39 is 40.7 Å². The lowest BCUT2D eigenvalue weighted by molar-refractivity contribution is -0.136. The number of nitrogens with zero attached hydrogens (tertiary/aromatic N) is 6. The molecule has 5 amide bonds. The molecule has 330 valence electrons. The highest BCUT2D eigenvalue weighted by atomic mass is 35.5. The number of likely N-dealkylation sites (tertiary alicyclic amines) is 1. The van der Waals surface area contributed by atoms with Crippen LogP contribution in [0.3, 0.4) is 0 Å². The van der Waals surface area contributed by atoms with Crippen molar-refractivity contribution in [3.05, 3.63) is 83.0 Å². The van der Waals surface area contributed by atoms with Crippen molar-refractivity contribution in [2.75, 3.05) is 78.3 Å². The van der Waals surface area contributed by atoms with Gasteiger partial charge in [-0.25, -0.2) is 9.19 Å². The minimum Gasteiger partial charge on any atom is -0.494 e. The van der Waals surface area contributed by atoms with E-state index in [0.717, 1.165) is 68.1 Å². The summed E-state index contributed by atoms with van der Waals surface area (Å²) in [6, 6.07) is 17.1. The van der Waals surface area contributed by atoms with E-state index in [0.29, 0.717) is 40.5 Å². The maximum absolute atomic E-state index is 13.4. The Morgan fingerprint density at radius 3 is 2.41 bits per heavy atom. The van der Waals surface area contributed by atoms with Crippen molar-refractivity contribution in [2.24, 2.45) is 5.41 Å². The second kappa shape index (κ2) is 18.3. The summed E-state index contributed by atoms with van der Waals surface area (Å²) in [6.45, 7) is 4.12. The van der Waals surface area contributed by atoms with Crippen molar-refractivity contribution >= 4 is 92.3 Å². The monoisotopic (exact) mass is 896 g/mol. The van der Waals surface area contributed by atoms with Gasteiger partial charge < -0.3 is 30.5 Å². The number of benzene rings is 3. The number of aromatic nitrogens is 2. The number of piperidine rings is 3. The van der Waals surface area contributed by atoms with Gasteiger partial charge in [0.15, 0.2) is 5.82 Å². The molecule has 0 saturated carbocycles. The molecule has 1 spiro atoms. The summed E-state index contributed by atoms with van der Waals surface area (Å²) in [5.74, 6) is -1.33. The first-order valence-electron chi connectivity index (χ1n) is 20.9. The SMILES string of the molecule is COc1cc(N2CCC3(CCN(CCC(=O)Nc4cccc5c4C(=O)N(C4CCC(=O)NC4=O)C5=O)CC3)CC2)ccc1Nc1ncc(Cl)c(Nc2ccccc2N(C)S(C)=O)n1. The Morgan fingerprint density at radius 1 is 0.952 bits per heavy atom. The van der Waals surface area contributed by atoms with Crippen LogP contribution in [0.25, 0.3) is 0 Å². The lowest BCUT2D eigenvalue weighted by Gasteiger charge is -2.47. The maximum Gasteiger partial charge on any atom is 0.264 e. The molecule has 3 aromatic carbocycles. The Hall–Kier alpha value is -6.11. The van der Waals surface area contributed by atoms with Crippen LogP contribution in [0.5, 0.6) is 5.75 Å². The molecule has 3 saturated heterocycles. The number of fused-ring (bicyclic) bond motifs is 1. The normalized spacial score (nSPS) is 19.1. The van der Waals surface area contributed by atoms with Gasteiger partial charge in [0.2, 0.25) is 23.7 Å². The summed E-state index contributed by atoms with van der Waals surface area (Å²) < 4.78 is 19.7. The molecule has 2 unspecified atom stereocenters. The third kappa shape index (κ3) is 9.19. The number of carbonyl (C=O) groups excluding carboxylic acids is 5. The lowest BCUT2D eigenvalue weighted by atomic mass is 9.71. The molecule has 0 bridgehead atoms. The van der Waals surface area contributed by atoms with Crippen molar-refractivity contribution in [3.63, 3.8) is 0 Å². The predicted octanol–water partition coefficient (Wildman–Crippen LogP) is 5.47. The number of halogens is 1. The Balaban J connectivity index is 0.820. The molecule has 5 heterocycles. The standard InChI is InChI=1S/C44H49ClN10O7S/c1-52(63(3)61)33-10-5-4-8-30(33)48-39-29(45)26-46-43(51-39)49-31-12-11-27(25-35(31)62-2)54-23-18-44(19-24-54)16-21-53(22-17-44)20-15-37(57)47-32-9-6-7-28-38(32)42(60)55(41(28)59)34-13-14-36(56)50-40(34)58/h4-12,25-26,34H,13-24H2,1-3H3,(H,47,57)(H,50,56,58)(H2,46,48,49,51). The molecule has 1 aromatic heterocycles. The summed E-state index contributed by atoms with van der Waals surface area (Å²) in [5.41, 5.74) is 3.82. The first kappa shape index (κ1) is 43.5. The number of carbonyl (C=O) groups is 5. The van der Waals surface area contributed by atoms with E-state index in [1.165, 1.54) is 12.3 Å². The number of ether oxygens (including phenoxy) is 1. The van der Waals surface area contributed by atoms with Crippen molar-refractivity contribution < 1.29 is 32.9 Å². The molecule has 3 fully saturated rings. The third-order valence-corrected chi connectivity index (χ3v) is 13.8. The molecule has 4 aromatic rings. The molecule has 4 aliphatic heterocycles. The van der Waals surface area contributed by atoms with Crippen LogP contribution in [-0.2, 0) is 25.4 Å². The number of rotatable bonds is 13. The van der Waals surface area contributed by atoms with E-state index >= 15 is 0 Å². The third-order valence-electron chi connectivity index (χ3n) is 12.6. The van der Waals surface area contributed by atoms with Gasteiger partial charge in [0.25, 0.3) is 11.8 Å². The van der Waals surface area contributed by atoms with Crippen LogP contribution >= 0.6 is 11.6 Å². The van der Waals surface area contributed by atoms with Gasteiger partial charge in [0.05, 0.1) is 47.2 Å². The van der Waals surface area contributed by atoms with Gasteiger partial charge >= 0.3 is 0 Å². The molecule has 17 nitrogen and oxygen atoms in total. The molecular formula is C44H49ClN10O7S. The topological polar surface area (TPSA) is 199 Å². The fraction of sp³-hybridized carbons (Fsp3) is 0.386. The van der Waals surface area contributed by atoms with Crippen LogP contribution < -0.4 is 35.2 Å². The van der Waals surface area contributed by atoms with Crippen LogP contribution in [0.1, 0.15) is 65.7 Å². The number of nitrogens with one attached hydrogen (secondary N) is 4. The summed E-state index contributed by atoms with van der Waals surface area (Å²) in [4.78, 5) is 78.6. The highest BCUT2D eigenvalue weighted by Gasteiger charge is 2.46. The van der Waals surface area contributed by atoms with Crippen LogP contribution in [0.2, 0.25) is 5.02 Å². The van der Waals surface area contributed by atoms with E-state index in [4.69, 9.17) is 16.3 Å². The van der Waals surface area contributed by atoms with E-state index in [2.05, 4.69) is 47.1 Å². The van der Waals surface area contributed by atoms with E-state index in [-0.39, 0.29) is 47.4 Å². The molecule has 19 heteroatoms. The number of hydrogen-bond acceptors (Lipinski definition) is 13. The Kier molecular flexibility index (Phi) is 12.7.